The van der Waals surface area contributed by atoms with Crippen LogP contribution in [0.3, 0.4) is 0 Å². The summed E-state index contributed by atoms with van der Waals surface area (Å²) in [6.45, 7) is 5.88. The van der Waals surface area contributed by atoms with E-state index in [2.05, 4.69) is 51.0 Å². The summed E-state index contributed by atoms with van der Waals surface area (Å²) in [5.74, 6) is 2.28. The Labute approximate surface area is 159 Å². The van der Waals surface area contributed by atoms with Crippen LogP contribution in [0.4, 0.5) is 11.5 Å². The van der Waals surface area contributed by atoms with Crippen LogP contribution < -0.4 is 19.3 Å². The predicted octanol–water partition coefficient (Wildman–Crippen LogP) is 3.28. The first-order chi connectivity index (χ1) is 13.2. The average molecular weight is 364 g/mol. The number of anilines is 2. The van der Waals surface area contributed by atoms with E-state index in [1.165, 1.54) is 11.3 Å². The van der Waals surface area contributed by atoms with Crippen LogP contribution >= 0.6 is 0 Å². The Balaban J connectivity index is 1.61. The van der Waals surface area contributed by atoms with Crippen molar-refractivity contribution in [1.82, 2.24) is 9.97 Å². The Bertz CT molecular complexity index is 952. The number of hydrogen-bond donors (Lipinski definition) is 0. The molecule has 0 N–H and O–H groups in total. The highest BCUT2D eigenvalue weighted by atomic mass is 16.5. The number of fused-ring (bicyclic) bond motifs is 1. The summed E-state index contributed by atoms with van der Waals surface area (Å²) in [7, 11) is 3.27. The third-order valence-corrected chi connectivity index (χ3v) is 5.07. The second kappa shape index (κ2) is 7.31. The number of aryl methyl sites for hydroxylation is 1. The highest BCUT2D eigenvalue weighted by Gasteiger charge is 2.22. The van der Waals surface area contributed by atoms with Gasteiger partial charge in [-0.2, -0.15) is 0 Å². The van der Waals surface area contributed by atoms with E-state index in [1.54, 1.807) is 20.5 Å². The number of rotatable bonds is 4. The molecule has 1 saturated heterocycles. The monoisotopic (exact) mass is 364 g/mol. The fourth-order valence-electron chi connectivity index (χ4n) is 3.68. The van der Waals surface area contributed by atoms with Gasteiger partial charge < -0.3 is 19.3 Å². The fraction of sp³-hybridized carbons (Fsp3) is 0.333. The number of nitrogens with zero attached hydrogens (tertiary/aromatic N) is 4. The SMILES string of the molecule is COc1ccc2c(N3CCN(c4cccc(C)c4)CC3)ncnc2c1OC. The van der Waals surface area contributed by atoms with Crippen molar-refractivity contribution in [2.24, 2.45) is 0 Å². The van der Waals surface area contributed by atoms with Crippen molar-refractivity contribution in [3.8, 4) is 11.5 Å². The smallest absolute Gasteiger partial charge is 0.187 e. The largest absolute Gasteiger partial charge is 0.493 e. The summed E-state index contributed by atoms with van der Waals surface area (Å²) >= 11 is 0. The lowest BCUT2D eigenvalue weighted by Crippen LogP contribution is -2.47. The molecular formula is C21H24N4O2. The maximum Gasteiger partial charge on any atom is 0.187 e. The van der Waals surface area contributed by atoms with Crippen molar-refractivity contribution in [2.75, 3.05) is 50.2 Å². The van der Waals surface area contributed by atoms with Crippen LogP contribution in [0.5, 0.6) is 11.5 Å². The van der Waals surface area contributed by atoms with Gasteiger partial charge in [0, 0.05) is 37.3 Å². The van der Waals surface area contributed by atoms with Gasteiger partial charge in [-0.1, -0.05) is 12.1 Å². The lowest BCUT2D eigenvalue weighted by molar-refractivity contribution is 0.358. The maximum atomic E-state index is 5.54. The quantitative estimate of drug-likeness (QED) is 0.708. The van der Waals surface area contributed by atoms with Crippen LogP contribution in [0.15, 0.2) is 42.7 Å². The van der Waals surface area contributed by atoms with Gasteiger partial charge in [0.05, 0.1) is 14.2 Å². The van der Waals surface area contributed by atoms with Gasteiger partial charge in [0.25, 0.3) is 0 Å². The van der Waals surface area contributed by atoms with Gasteiger partial charge in [0.2, 0.25) is 0 Å². The van der Waals surface area contributed by atoms with E-state index in [0.717, 1.165) is 42.9 Å². The molecule has 6 heteroatoms. The van der Waals surface area contributed by atoms with Crippen molar-refractivity contribution in [1.29, 1.82) is 0 Å². The van der Waals surface area contributed by atoms with Gasteiger partial charge in [-0.05, 0) is 36.8 Å². The minimum atomic E-state index is 0.650. The zero-order valence-electron chi connectivity index (χ0n) is 16.0. The summed E-state index contributed by atoms with van der Waals surface area (Å²) in [4.78, 5) is 13.8. The van der Waals surface area contributed by atoms with E-state index < -0.39 is 0 Å². The molecule has 2 aromatic carbocycles. The molecule has 1 aromatic heterocycles. The molecule has 1 aliphatic rings. The molecule has 0 spiro atoms. The van der Waals surface area contributed by atoms with Gasteiger partial charge in [0.15, 0.2) is 11.5 Å². The molecule has 1 aliphatic heterocycles. The number of hydrogen-bond acceptors (Lipinski definition) is 6. The Kier molecular flexibility index (Phi) is 4.71. The third kappa shape index (κ3) is 3.23. The zero-order valence-corrected chi connectivity index (χ0v) is 16.0. The lowest BCUT2D eigenvalue weighted by Gasteiger charge is -2.37. The second-order valence-electron chi connectivity index (χ2n) is 6.71. The highest BCUT2D eigenvalue weighted by molar-refractivity contribution is 5.95. The van der Waals surface area contributed by atoms with E-state index in [0.29, 0.717) is 11.5 Å². The van der Waals surface area contributed by atoms with Crippen LogP contribution in [0.1, 0.15) is 5.56 Å². The molecule has 0 aliphatic carbocycles. The second-order valence-corrected chi connectivity index (χ2v) is 6.71. The summed E-state index contributed by atoms with van der Waals surface area (Å²) in [6, 6.07) is 12.6. The minimum Gasteiger partial charge on any atom is -0.493 e. The first-order valence-corrected chi connectivity index (χ1v) is 9.13. The molecule has 6 nitrogen and oxygen atoms in total. The number of methoxy groups -OCH3 is 2. The van der Waals surface area contributed by atoms with E-state index in [4.69, 9.17) is 9.47 Å². The molecule has 1 fully saturated rings. The number of aromatic nitrogens is 2. The van der Waals surface area contributed by atoms with Crippen LogP contribution in [-0.2, 0) is 0 Å². The average Bonchev–Trinajstić information content (AvgIpc) is 2.72. The van der Waals surface area contributed by atoms with E-state index in [9.17, 15) is 0 Å². The normalized spacial score (nSPS) is 14.5. The standard InChI is InChI=1S/C21H24N4O2/c1-15-5-4-6-16(13-15)24-9-11-25(12-10-24)21-17-7-8-18(26-2)20(27-3)19(17)22-14-23-21/h4-8,13-14H,9-12H2,1-3H3. The number of benzene rings is 2. The molecule has 0 amide bonds. The first-order valence-electron chi connectivity index (χ1n) is 9.13. The lowest BCUT2D eigenvalue weighted by atomic mass is 10.1. The van der Waals surface area contributed by atoms with E-state index >= 15 is 0 Å². The maximum absolute atomic E-state index is 5.54. The molecule has 0 radical (unpaired) electrons. The van der Waals surface area contributed by atoms with Crippen LogP contribution in [0.2, 0.25) is 0 Å². The van der Waals surface area contributed by atoms with E-state index in [1.807, 2.05) is 12.1 Å². The van der Waals surface area contributed by atoms with Gasteiger partial charge >= 0.3 is 0 Å². The Morgan fingerprint density at radius 2 is 1.67 bits per heavy atom. The first kappa shape index (κ1) is 17.4. The van der Waals surface area contributed by atoms with Gasteiger partial charge in [-0.15, -0.1) is 0 Å². The van der Waals surface area contributed by atoms with Crippen molar-refractivity contribution in [3.05, 3.63) is 48.3 Å². The molecule has 27 heavy (non-hydrogen) atoms. The van der Waals surface area contributed by atoms with Gasteiger partial charge in [-0.3, -0.25) is 0 Å². The van der Waals surface area contributed by atoms with Crippen molar-refractivity contribution in [2.45, 2.75) is 6.92 Å². The third-order valence-electron chi connectivity index (χ3n) is 5.07. The molecule has 4 rings (SSSR count). The topological polar surface area (TPSA) is 50.7 Å². The van der Waals surface area contributed by atoms with Gasteiger partial charge in [-0.25, -0.2) is 9.97 Å². The Hall–Kier alpha value is -3.02. The van der Waals surface area contributed by atoms with Crippen LogP contribution in [0.25, 0.3) is 10.9 Å². The van der Waals surface area contributed by atoms with Gasteiger partial charge in [0.1, 0.15) is 17.7 Å². The number of piperazine rings is 1. The Morgan fingerprint density at radius 1 is 0.889 bits per heavy atom. The minimum absolute atomic E-state index is 0.650. The molecule has 0 unspecified atom stereocenters. The van der Waals surface area contributed by atoms with E-state index in [-0.39, 0.29) is 0 Å². The molecule has 2 heterocycles. The van der Waals surface area contributed by atoms with Crippen LogP contribution in [-0.4, -0.2) is 50.4 Å². The summed E-state index contributed by atoms with van der Waals surface area (Å²) in [6.07, 6.45) is 1.60. The predicted molar refractivity (Wildman–Crippen MR) is 108 cm³/mol. The molecule has 3 aromatic rings. The molecule has 0 bridgehead atoms. The molecule has 0 saturated carbocycles. The Morgan fingerprint density at radius 3 is 2.37 bits per heavy atom. The summed E-state index contributed by atoms with van der Waals surface area (Å²) in [5.41, 5.74) is 3.36. The molecular weight excluding hydrogens is 340 g/mol. The summed E-state index contributed by atoms with van der Waals surface area (Å²) < 4.78 is 10.9. The van der Waals surface area contributed by atoms with Crippen molar-refractivity contribution in [3.63, 3.8) is 0 Å². The fourth-order valence-corrected chi connectivity index (χ4v) is 3.68. The summed E-state index contributed by atoms with van der Waals surface area (Å²) in [5, 5.41) is 0.985. The van der Waals surface area contributed by atoms with Crippen molar-refractivity contribution >= 4 is 22.4 Å². The number of ether oxygens (including phenoxy) is 2. The highest BCUT2D eigenvalue weighted by Crippen LogP contribution is 2.37. The molecule has 140 valence electrons. The zero-order chi connectivity index (χ0) is 18.8. The van der Waals surface area contributed by atoms with Crippen molar-refractivity contribution < 1.29 is 9.47 Å². The molecule has 0 atom stereocenters. The van der Waals surface area contributed by atoms with Crippen LogP contribution in [0, 0.1) is 6.92 Å².